The highest BCUT2D eigenvalue weighted by atomic mass is 16.6. The SMILES string of the molecule is C=C(C)C(=O)OCC(CO)(COCC(COC(=O)C(=C)C)(COC(=O)C(=C)C)COC(=O)C(=C)C)COC(=O)CC. The highest BCUT2D eigenvalue weighted by Crippen LogP contribution is 2.26. The van der Waals surface area contributed by atoms with Crippen LogP contribution in [-0.2, 0) is 52.4 Å². The molecule has 12 heteroatoms. The molecule has 0 aliphatic rings. The van der Waals surface area contributed by atoms with Gasteiger partial charge in [-0.25, -0.2) is 19.2 Å². The lowest BCUT2D eigenvalue weighted by Gasteiger charge is -2.35. The van der Waals surface area contributed by atoms with Gasteiger partial charge in [0.05, 0.1) is 30.7 Å². The highest BCUT2D eigenvalue weighted by molar-refractivity contribution is 5.88. The van der Waals surface area contributed by atoms with Crippen molar-refractivity contribution in [1.29, 1.82) is 0 Å². The molecule has 0 bridgehead atoms. The van der Waals surface area contributed by atoms with Crippen molar-refractivity contribution >= 4 is 29.8 Å². The predicted octanol–water partition coefficient (Wildman–Crippen LogP) is 2.40. The van der Waals surface area contributed by atoms with E-state index in [2.05, 4.69) is 26.3 Å². The molecule has 0 amide bonds. The number of ether oxygens (including phenoxy) is 6. The summed E-state index contributed by atoms with van der Waals surface area (Å²) in [5.41, 5.74) is -2.46. The van der Waals surface area contributed by atoms with Crippen molar-refractivity contribution in [2.45, 2.75) is 41.0 Å². The number of hydrogen-bond donors (Lipinski definition) is 1. The van der Waals surface area contributed by atoms with Crippen LogP contribution in [0.15, 0.2) is 48.6 Å². The molecule has 1 atom stereocenters. The fraction of sp³-hybridized carbons (Fsp3) is 0.552. The lowest BCUT2D eigenvalue weighted by atomic mass is 9.90. The van der Waals surface area contributed by atoms with E-state index < -0.39 is 73.7 Å². The van der Waals surface area contributed by atoms with E-state index in [4.69, 9.17) is 28.4 Å². The second kappa shape index (κ2) is 17.8. The maximum atomic E-state index is 12.2. The molecular weight excluding hydrogens is 540 g/mol. The number of aliphatic hydroxyl groups is 1. The first-order chi connectivity index (χ1) is 19.0. The average Bonchev–Trinajstić information content (AvgIpc) is 2.93. The van der Waals surface area contributed by atoms with Crippen LogP contribution in [0.1, 0.15) is 41.0 Å². The van der Waals surface area contributed by atoms with Crippen LogP contribution < -0.4 is 0 Å². The summed E-state index contributed by atoms with van der Waals surface area (Å²) in [5.74, 6) is -3.56. The van der Waals surface area contributed by atoms with Crippen LogP contribution in [0, 0.1) is 10.8 Å². The third-order valence-corrected chi connectivity index (χ3v) is 5.41. The van der Waals surface area contributed by atoms with Crippen molar-refractivity contribution in [1.82, 2.24) is 0 Å². The number of esters is 5. The first-order valence-electron chi connectivity index (χ1n) is 12.7. The third-order valence-electron chi connectivity index (χ3n) is 5.41. The molecule has 41 heavy (non-hydrogen) atoms. The first kappa shape index (κ1) is 37.2. The molecule has 0 aromatic heterocycles. The molecule has 0 saturated carbocycles. The van der Waals surface area contributed by atoms with Crippen LogP contribution in [0.2, 0.25) is 0 Å². The van der Waals surface area contributed by atoms with Crippen LogP contribution in [0.3, 0.4) is 0 Å². The van der Waals surface area contributed by atoms with Gasteiger partial charge < -0.3 is 33.5 Å². The molecule has 1 unspecified atom stereocenters. The van der Waals surface area contributed by atoms with Crippen molar-refractivity contribution in [3.8, 4) is 0 Å². The normalized spacial score (nSPS) is 12.2. The maximum absolute atomic E-state index is 12.2. The van der Waals surface area contributed by atoms with Crippen molar-refractivity contribution in [3.05, 3.63) is 48.6 Å². The molecule has 0 aromatic carbocycles. The Kier molecular flexibility index (Phi) is 16.2. The Morgan fingerprint density at radius 1 is 0.537 bits per heavy atom. The Labute approximate surface area is 240 Å². The smallest absolute Gasteiger partial charge is 0.333 e. The molecule has 0 aromatic rings. The highest BCUT2D eigenvalue weighted by Gasteiger charge is 2.40. The van der Waals surface area contributed by atoms with Crippen LogP contribution >= 0.6 is 0 Å². The number of carbonyl (C=O) groups excluding carboxylic acids is 5. The van der Waals surface area contributed by atoms with Crippen LogP contribution in [-0.4, -0.2) is 87.8 Å². The van der Waals surface area contributed by atoms with Crippen molar-refractivity contribution in [2.75, 3.05) is 52.9 Å². The molecule has 0 fully saturated rings. The maximum Gasteiger partial charge on any atom is 0.333 e. The van der Waals surface area contributed by atoms with E-state index in [1.807, 2.05) is 0 Å². The van der Waals surface area contributed by atoms with Gasteiger partial charge in [0.15, 0.2) is 0 Å². The fourth-order valence-corrected chi connectivity index (χ4v) is 2.70. The van der Waals surface area contributed by atoms with E-state index in [0.29, 0.717) is 0 Å². The summed E-state index contributed by atoms with van der Waals surface area (Å²) in [6.45, 7) is 18.0. The Balaban J connectivity index is 6.20. The van der Waals surface area contributed by atoms with Gasteiger partial charge in [-0.2, -0.15) is 0 Å². The summed E-state index contributed by atoms with van der Waals surface area (Å²) in [7, 11) is 0. The molecule has 0 spiro atoms. The zero-order valence-electron chi connectivity index (χ0n) is 24.6. The van der Waals surface area contributed by atoms with Gasteiger partial charge in [0.25, 0.3) is 0 Å². The summed E-state index contributed by atoms with van der Waals surface area (Å²) >= 11 is 0. The monoisotopic (exact) mass is 582 g/mol. The quantitative estimate of drug-likeness (QED) is 0.127. The van der Waals surface area contributed by atoms with Gasteiger partial charge in [-0.15, -0.1) is 0 Å². The van der Waals surface area contributed by atoms with Gasteiger partial charge in [-0.3, -0.25) is 4.79 Å². The fourth-order valence-electron chi connectivity index (χ4n) is 2.70. The van der Waals surface area contributed by atoms with Gasteiger partial charge in [0, 0.05) is 28.7 Å². The van der Waals surface area contributed by atoms with Crippen molar-refractivity contribution < 1.29 is 57.5 Å². The zero-order valence-corrected chi connectivity index (χ0v) is 24.6. The average molecular weight is 583 g/mol. The summed E-state index contributed by atoms with van der Waals surface area (Å²) < 4.78 is 32.3. The van der Waals surface area contributed by atoms with Gasteiger partial charge in [-0.1, -0.05) is 33.2 Å². The Morgan fingerprint density at radius 3 is 1.12 bits per heavy atom. The Bertz CT molecular complexity index is 951. The second-order valence-electron chi connectivity index (χ2n) is 10.1. The molecular formula is C29H42O12. The molecule has 0 rings (SSSR count). The summed E-state index contributed by atoms with van der Waals surface area (Å²) in [6.07, 6.45) is 0.0628. The summed E-state index contributed by atoms with van der Waals surface area (Å²) in [4.78, 5) is 60.5. The minimum Gasteiger partial charge on any atom is -0.465 e. The molecule has 0 aliphatic heterocycles. The Morgan fingerprint density at radius 2 is 0.829 bits per heavy atom. The number of hydrogen-bond acceptors (Lipinski definition) is 12. The van der Waals surface area contributed by atoms with Gasteiger partial charge in [-0.05, 0) is 27.7 Å². The van der Waals surface area contributed by atoms with E-state index in [1.54, 1.807) is 6.92 Å². The standard InChI is InChI=1S/C29H42O12/c1-10-23(31)37-14-28(11-30,15-38-24(32)19(2)3)12-36-13-29(16-39-25(33)20(4)5,17-40-26(34)21(6)7)18-41-27(35)22(8)9/h30H,2,4,6,8,10-18H2,1,3,5,7,9H3. The third kappa shape index (κ3) is 13.9. The largest absolute Gasteiger partial charge is 0.465 e. The molecule has 12 nitrogen and oxygen atoms in total. The van der Waals surface area contributed by atoms with Crippen LogP contribution in [0.5, 0.6) is 0 Å². The summed E-state index contributed by atoms with van der Waals surface area (Å²) in [6, 6.07) is 0. The molecule has 0 aliphatic carbocycles. The predicted molar refractivity (Wildman–Crippen MR) is 147 cm³/mol. The molecule has 230 valence electrons. The van der Waals surface area contributed by atoms with Crippen molar-refractivity contribution in [2.24, 2.45) is 10.8 Å². The van der Waals surface area contributed by atoms with E-state index in [-0.39, 0.29) is 48.5 Å². The lowest BCUT2D eigenvalue weighted by molar-refractivity contribution is -0.168. The number of carbonyl (C=O) groups is 5. The van der Waals surface area contributed by atoms with E-state index in [0.717, 1.165) is 0 Å². The van der Waals surface area contributed by atoms with Crippen LogP contribution in [0.4, 0.5) is 0 Å². The van der Waals surface area contributed by atoms with E-state index >= 15 is 0 Å². The van der Waals surface area contributed by atoms with Gasteiger partial charge in [0.2, 0.25) is 0 Å². The lowest BCUT2D eigenvalue weighted by Crippen LogP contribution is -2.46. The topological polar surface area (TPSA) is 161 Å². The summed E-state index contributed by atoms with van der Waals surface area (Å²) in [5, 5.41) is 10.2. The van der Waals surface area contributed by atoms with E-state index in [9.17, 15) is 29.1 Å². The van der Waals surface area contributed by atoms with Gasteiger partial charge in [0.1, 0.15) is 33.0 Å². The molecule has 0 saturated heterocycles. The number of rotatable bonds is 20. The van der Waals surface area contributed by atoms with Gasteiger partial charge >= 0.3 is 29.8 Å². The van der Waals surface area contributed by atoms with E-state index in [1.165, 1.54) is 27.7 Å². The molecule has 0 radical (unpaired) electrons. The number of aliphatic hydroxyl groups excluding tert-OH is 1. The first-order valence-corrected chi connectivity index (χ1v) is 12.7. The minimum atomic E-state index is -1.45. The van der Waals surface area contributed by atoms with Crippen LogP contribution in [0.25, 0.3) is 0 Å². The second-order valence-corrected chi connectivity index (χ2v) is 10.1. The van der Waals surface area contributed by atoms with Crippen molar-refractivity contribution in [3.63, 3.8) is 0 Å². The zero-order chi connectivity index (χ0) is 31.8. The molecule has 0 heterocycles. The Hall–Kier alpha value is -3.77. The molecule has 1 N–H and O–H groups in total. The minimum absolute atomic E-state index is 0.0628.